The number of hydrogen-bond acceptors (Lipinski definition) is 5. The summed E-state index contributed by atoms with van der Waals surface area (Å²) in [4.78, 5) is 29.9. The van der Waals surface area contributed by atoms with Crippen LogP contribution in [0.3, 0.4) is 0 Å². The molecule has 3 heterocycles. The Morgan fingerprint density at radius 2 is 2.12 bits per heavy atom. The Labute approximate surface area is 201 Å². The molecule has 2 amide bonds. The average Bonchev–Trinajstić information content (AvgIpc) is 3.38. The van der Waals surface area contributed by atoms with E-state index in [4.69, 9.17) is 0 Å². The van der Waals surface area contributed by atoms with E-state index in [2.05, 4.69) is 10.3 Å². The van der Waals surface area contributed by atoms with Crippen molar-refractivity contribution in [1.82, 2.24) is 24.8 Å². The summed E-state index contributed by atoms with van der Waals surface area (Å²) in [5.74, 6) is -0.313. The van der Waals surface area contributed by atoms with E-state index in [1.165, 1.54) is 11.3 Å². The SMILES string of the molecule is CCc1cc(C2=CCCN(C(=O)CCn3ccnn3)C2)c(F)c2sc(C(=O)N(C)C3CC3)cc12. The van der Waals surface area contributed by atoms with E-state index in [1.54, 1.807) is 26.9 Å². The van der Waals surface area contributed by atoms with Gasteiger partial charge < -0.3 is 9.80 Å². The highest BCUT2D eigenvalue weighted by Crippen LogP contribution is 2.38. The van der Waals surface area contributed by atoms with Crippen molar-refractivity contribution in [2.45, 2.75) is 51.6 Å². The number of fused-ring (bicyclic) bond motifs is 1. The van der Waals surface area contributed by atoms with Crippen LogP contribution in [0, 0.1) is 5.82 Å². The second-order valence-electron chi connectivity index (χ2n) is 9.00. The predicted molar refractivity (Wildman–Crippen MR) is 130 cm³/mol. The number of nitrogens with zero attached hydrogens (tertiary/aromatic N) is 5. The zero-order valence-electron chi connectivity index (χ0n) is 19.5. The number of benzene rings is 1. The molecule has 9 heteroatoms. The van der Waals surface area contributed by atoms with E-state index < -0.39 is 0 Å². The minimum Gasteiger partial charge on any atom is -0.338 e. The molecule has 3 aromatic rings. The molecule has 0 radical (unpaired) electrons. The minimum absolute atomic E-state index is 0.0189. The van der Waals surface area contributed by atoms with E-state index in [0.29, 0.717) is 53.7 Å². The van der Waals surface area contributed by atoms with Gasteiger partial charge in [-0.05, 0) is 54.3 Å². The molecule has 1 aromatic carbocycles. The summed E-state index contributed by atoms with van der Waals surface area (Å²) >= 11 is 1.24. The van der Waals surface area contributed by atoms with Gasteiger partial charge in [-0.15, -0.1) is 16.4 Å². The molecule has 0 unspecified atom stereocenters. The number of halogens is 1. The molecule has 1 fully saturated rings. The monoisotopic (exact) mass is 481 g/mol. The van der Waals surface area contributed by atoms with Crippen molar-refractivity contribution in [3.63, 3.8) is 0 Å². The van der Waals surface area contributed by atoms with Crippen molar-refractivity contribution in [1.29, 1.82) is 0 Å². The van der Waals surface area contributed by atoms with E-state index >= 15 is 4.39 Å². The van der Waals surface area contributed by atoms with Crippen molar-refractivity contribution >= 4 is 38.8 Å². The number of aryl methyl sites for hydroxylation is 2. The zero-order valence-corrected chi connectivity index (χ0v) is 20.3. The summed E-state index contributed by atoms with van der Waals surface area (Å²) in [5.41, 5.74) is 2.38. The Bertz CT molecular complexity index is 1260. The molecular formula is C25H28FN5O2S. The summed E-state index contributed by atoms with van der Waals surface area (Å²) in [6.07, 6.45) is 9.17. The third-order valence-corrected chi connectivity index (χ3v) is 7.83. The number of carbonyl (C=O) groups is 2. The Morgan fingerprint density at radius 1 is 1.29 bits per heavy atom. The van der Waals surface area contributed by atoms with E-state index in [-0.39, 0.29) is 17.6 Å². The molecule has 2 aliphatic rings. The molecule has 0 spiro atoms. The third kappa shape index (κ3) is 4.36. The highest BCUT2D eigenvalue weighted by molar-refractivity contribution is 7.20. The van der Waals surface area contributed by atoms with Gasteiger partial charge in [-0.3, -0.25) is 14.3 Å². The first kappa shape index (κ1) is 22.7. The van der Waals surface area contributed by atoms with Crippen LogP contribution in [0.15, 0.2) is 30.6 Å². The smallest absolute Gasteiger partial charge is 0.263 e. The first-order valence-electron chi connectivity index (χ1n) is 11.8. The third-order valence-electron chi connectivity index (χ3n) is 6.72. The normalized spacial score (nSPS) is 16.1. The molecule has 0 saturated heterocycles. The van der Waals surface area contributed by atoms with Crippen molar-refractivity contribution < 1.29 is 14.0 Å². The van der Waals surface area contributed by atoms with Gasteiger partial charge in [-0.25, -0.2) is 4.39 Å². The maximum atomic E-state index is 15.8. The lowest BCUT2D eigenvalue weighted by Crippen LogP contribution is -2.36. The maximum Gasteiger partial charge on any atom is 0.263 e. The fourth-order valence-electron chi connectivity index (χ4n) is 4.54. The number of aromatic nitrogens is 3. The topological polar surface area (TPSA) is 71.3 Å². The fourth-order valence-corrected chi connectivity index (χ4v) is 5.66. The highest BCUT2D eigenvalue weighted by atomic mass is 32.1. The molecule has 1 aliphatic heterocycles. The molecule has 2 aromatic heterocycles. The van der Waals surface area contributed by atoms with Crippen molar-refractivity contribution in [3.05, 3.63) is 52.4 Å². The van der Waals surface area contributed by atoms with Crippen LogP contribution in [-0.4, -0.2) is 62.8 Å². The fraction of sp³-hybridized carbons (Fsp3) is 0.440. The largest absolute Gasteiger partial charge is 0.338 e. The Morgan fingerprint density at radius 3 is 2.82 bits per heavy atom. The number of amides is 2. The summed E-state index contributed by atoms with van der Waals surface area (Å²) in [6, 6.07) is 4.06. The molecule has 1 aliphatic carbocycles. The summed E-state index contributed by atoms with van der Waals surface area (Å²) < 4.78 is 18.0. The van der Waals surface area contributed by atoms with Crippen LogP contribution in [0.2, 0.25) is 0 Å². The lowest BCUT2D eigenvalue weighted by molar-refractivity contribution is -0.131. The number of carbonyl (C=O) groups excluding carboxylic acids is 2. The van der Waals surface area contributed by atoms with Gasteiger partial charge >= 0.3 is 0 Å². The van der Waals surface area contributed by atoms with Crippen LogP contribution < -0.4 is 0 Å². The standard InChI is InChI=1S/C25H28FN5O2S/c1-3-16-13-19(17-5-4-10-30(15-17)22(32)8-11-31-12-9-27-28-31)23(26)24-20(16)14-21(34-24)25(33)29(2)18-6-7-18/h5,9,12-14,18H,3-4,6-8,10-11,15H2,1-2H3. The van der Waals surface area contributed by atoms with E-state index in [9.17, 15) is 9.59 Å². The molecule has 178 valence electrons. The first-order chi connectivity index (χ1) is 16.5. The van der Waals surface area contributed by atoms with Crippen LogP contribution >= 0.6 is 11.3 Å². The average molecular weight is 482 g/mol. The molecule has 0 N–H and O–H groups in total. The molecule has 5 rings (SSSR count). The second kappa shape index (κ2) is 9.29. The molecule has 0 atom stereocenters. The Kier molecular flexibility index (Phi) is 6.20. The molecule has 34 heavy (non-hydrogen) atoms. The van der Waals surface area contributed by atoms with Gasteiger partial charge in [0.25, 0.3) is 5.91 Å². The van der Waals surface area contributed by atoms with Crippen LogP contribution in [0.1, 0.15) is 53.4 Å². The Hall–Kier alpha value is -3.07. The van der Waals surface area contributed by atoms with Gasteiger partial charge in [-0.2, -0.15) is 0 Å². The van der Waals surface area contributed by atoms with Gasteiger partial charge in [0.15, 0.2) is 0 Å². The predicted octanol–water partition coefficient (Wildman–Crippen LogP) is 4.13. The number of thiophene rings is 1. The van der Waals surface area contributed by atoms with Gasteiger partial charge in [-0.1, -0.05) is 18.2 Å². The van der Waals surface area contributed by atoms with Crippen LogP contribution in [0.25, 0.3) is 15.7 Å². The van der Waals surface area contributed by atoms with Crippen LogP contribution in [0.4, 0.5) is 4.39 Å². The van der Waals surface area contributed by atoms with Crippen LogP contribution in [0.5, 0.6) is 0 Å². The van der Waals surface area contributed by atoms with Gasteiger partial charge in [0.2, 0.25) is 5.91 Å². The summed E-state index contributed by atoms with van der Waals surface area (Å²) in [7, 11) is 1.83. The molecule has 1 saturated carbocycles. The highest BCUT2D eigenvalue weighted by Gasteiger charge is 2.31. The lowest BCUT2D eigenvalue weighted by atomic mass is 9.95. The first-order valence-corrected chi connectivity index (χ1v) is 12.6. The van der Waals surface area contributed by atoms with Crippen molar-refractivity contribution in [3.8, 4) is 0 Å². The summed E-state index contributed by atoms with van der Waals surface area (Å²) in [6.45, 7) is 3.51. The zero-order chi connectivity index (χ0) is 23.8. The molecular weight excluding hydrogens is 453 g/mol. The maximum absolute atomic E-state index is 15.8. The van der Waals surface area contributed by atoms with E-state index in [0.717, 1.165) is 35.8 Å². The van der Waals surface area contributed by atoms with Crippen molar-refractivity contribution in [2.24, 2.45) is 0 Å². The quantitative estimate of drug-likeness (QED) is 0.509. The lowest BCUT2D eigenvalue weighted by Gasteiger charge is -2.28. The van der Waals surface area contributed by atoms with Crippen molar-refractivity contribution in [2.75, 3.05) is 20.1 Å². The number of rotatable bonds is 7. The summed E-state index contributed by atoms with van der Waals surface area (Å²) in [5, 5.41) is 8.48. The molecule has 0 bridgehead atoms. The van der Waals surface area contributed by atoms with Gasteiger partial charge in [0, 0.05) is 44.4 Å². The number of hydrogen-bond donors (Lipinski definition) is 0. The van der Waals surface area contributed by atoms with Gasteiger partial charge in [0.1, 0.15) is 5.82 Å². The Balaban J connectivity index is 1.40. The van der Waals surface area contributed by atoms with Gasteiger partial charge in [0.05, 0.1) is 22.3 Å². The second-order valence-corrected chi connectivity index (χ2v) is 10.1. The van der Waals surface area contributed by atoms with Crippen LogP contribution in [-0.2, 0) is 17.8 Å². The minimum atomic E-state index is -0.298. The molecule has 7 nitrogen and oxygen atoms in total. The van der Waals surface area contributed by atoms with E-state index in [1.807, 2.05) is 32.2 Å².